The predicted molar refractivity (Wildman–Crippen MR) is 79.4 cm³/mol. The first kappa shape index (κ1) is 16.1. The van der Waals surface area contributed by atoms with Crippen LogP contribution in [-0.4, -0.2) is 9.97 Å². The van der Waals surface area contributed by atoms with Gasteiger partial charge in [-0.15, -0.1) is 0 Å². The number of halogens is 3. The molecule has 0 fully saturated rings. The summed E-state index contributed by atoms with van der Waals surface area (Å²) in [6.07, 6.45) is -4.36. The van der Waals surface area contributed by atoms with Crippen LogP contribution in [-0.2, 0) is 6.18 Å². The summed E-state index contributed by atoms with van der Waals surface area (Å²) in [5.41, 5.74) is 7.00. The first-order valence-corrected chi connectivity index (χ1v) is 6.73. The van der Waals surface area contributed by atoms with Crippen LogP contribution in [0.2, 0.25) is 0 Å². The molecule has 7 heteroatoms. The highest BCUT2D eigenvalue weighted by atomic mass is 19.4. The van der Waals surface area contributed by atoms with Crippen molar-refractivity contribution >= 4 is 11.8 Å². The highest BCUT2D eigenvalue weighted by Crippen LogP contribution is 2.31. The molecule has 22 heavy (non-hydrogen) atoms. The molecule has 0 amide bonds. The summed E-state index contributed by atoms with van der Waals surface area (Å²) in [6, 6.07) is 4.86. The Morgan fingerprint density at radius 3 is 2.50 bits per heavy atom. The van der Waals surface area contributed by atoms with Gasteiger partial charge in [-0.05, 0) is 38.5 Å². The number of nitrogen functional groups attached to an aromatic ring is 1. The number of aromatic nitrogens is 2. The third-order valence-corrected chi connectivity index (χ3v) is 3.47. The van der Waals surface area contributed by atoms with Crippen LogP contribution in [0.25, 0.3) is 0 Å². The van der Waals surface area contributed by atoms with E-state index in [0.717, 1.165) is 23.4 Å². The molecule has 0 bridgehead atoms. The van der Waals surface area contributed by atoms with E-state index >= 15 is 0 Å². The molecule has 0 spiro atoms. The number of anilines is 2. The van der Waals surface area contributed by atoms with Crippen molar-refractivity contribution in [2.24, 2.45) is 0 Å². The number of hydrogen-bond donors (Lipinski definition) is 2. The fourth-order valence-electron chi connectivity index (χ4n) is 2.06. The molecule has 0 radical (unpaired) electrons. The fourth-order valence-corrected chi connectivity index (χ4v) is 2.06. The van der Waals surface area contributed by atoms with Gasteiger partial charge in [-0.3, -0.25) is 0 Å². The number of rotatable bonds is 3. The zero-order chi connectivity index (χ0) is 16.5. The van der Waals surface area contributed by atoms with Crippen LogP contribution in [0.4, 0.5) is 24.9 Å². The summed E-state index contributed by atoms with van der Waals surface area (Å²) in [5.74, 6) is 0.650. The maximum Gasteiger partial charge on any atom is 0.416 e. The summed E-state index contributed by atoms with van der Waals surface area (Å²) in [4.78, 5) is 8.14. The fraction of sp³-hybridized carbons (Fsp3) is 0.333. The maximum absolute atomic E-state index is 12.8. The molecular formula is C15H17F3N4. The van der Waals surface area contributed by atoms with Gasteiger partial charge in [-0.1, -0.05) is 12.1 Å². The lowest BCUT2D eigenvalue weighted by Gasteiger charge is -2.18. The van der Waals surface area contributed by atoms with Crippen LogP contribution in [0.5, 0.6) is 0 Å². The van der Waals surface area contributed by atoms with Crippen molar-refractivity contribution in [3.05, 3.63) is 46.6 Å². The third-order valence-electron chi connectivity index (χ3n) is 3.47. The van der Waals surface area contributed by atoms with Gasteiger partial charge < -0.3 is 11.1 Å². The molecule has 4 nitrogen and oxygen atoms in total. The van der Waals surface area contributed by atoms with E-state index in [-0.39, 0.29) is 12.0 Å². The third kappa shape index (κ3) is 3.47. The lowest BCUT2D eigenvalue weighted by atomic mass is 10.0. The molecule has 1 aromatic heterocycles. The average molecular weight is 310 g/mol. The quantitative estimate of drug-likeness (QED) is 0.903. The zero-order valence-corrected chi connectivity index (χ0v) is 12.5. The second-order valence-electron chi connectivity index (χ2n) is 5.13. The Bertz CT molecular complexity index is 683. The molecule has 0 aliphatic rings. The topological polar surface area (TPSA) is 63.8 Å². The Hall–Kier alpha value is -2.31. The van der Waals surface area contributed by atoms with Gasteiger partial charge in [0, 0.05) is 17.3 Å². The molecule has 1 aromatic carbocycles. The van der Waals surface area contributed by atoms with Crippen molar-refractivity contribution < 1.29 is 13.2 Å². The summed E-state index contributed by atoms with van der Waals surface area (Å²) in [7, 11) is 0. The second-order valence-corrected chi connectivity index (χ2v) is 5.13. The molecule has 3 N–H and O–H groups in total. The highest BCUT2D eigenvalue weighted by molar-refractivity contribution is 5.50. The monoisotopic (exact) mass is 310 g/mol. The van der Waals surface area contributed by atoms with Crippen LogP contribution < -0.4 is 11.1 Å². The molecule has 0 saturated carbocycles. The SMILES string of the molecule is Cc1nc(N)nc(N[C@H](C)c2cccc(C(F)(F)F)c2)c1C. The second kappa shape index (κ2) is 5.82. The lowest BCUT2D eigenvalue weighted by molar-refractivity contribution is -0.137. The Balaban J connectivity index is 2.28. The summed E-state index contributed by atoms with van der Waals surface area (Å²) >= 11 is 0. The minimum Gasteiger partial charge on any atom is -0.368 e. The minimum atomic E-state index is -4.36. The highest BCUT2D eigenvalue weighted by Gasteiger charge is 2.30. The van der Waals surface area contributed by atoms with Gasteiger partial charge in [-0.2, -0.15) is 18.2 Å². The number of nitrogens with zero attached hydrogens (tertiary/aromatic N) is 2. The average Bonchev–Trinajstić information content (AvgIpc) is 2.43. The Morgan fingerprint density at radius 1 is 1.18 bits per heavy atom. The smallest absolute Gasteiger partial charge is 0.368 e. The molecule has 0 aliphatic carbocycles. The molecule has 1 heterocycles. The van der Waals surface area contributed by atoms with Crippen molar-refractivity contribution in [3.8, 4) is 0 Å². The maximum atomic E-state index is 12.8. The van der Waals surface area contributed by atoms with Gasteiger partial charge in [0.1, 0.15) is 5.82 Å². The van der Waals surface area contributed by atoms with Crippen molar-refractivity contribution in [3.63, 3.8) is 0 Å². The number of nitrogens with two attached hydrogens (primary N) is 1. The number of nitrogens with one attached hydrogen (secondary N) is 1. The van der Waals surface area contributed by atoms with E-state index in [1.165, 1.54) is 6.07 Å². The Kier molecular flexibility index (Phi) is 4.25. The van der Waals surface area contributed by atoms with E-state index in [4.69, 9.17) is 5.73 Å². The first-order valence-electron chi connectivity index (χ1n) is 6.73. The minimum absolute atomic E-state index is 0.127. The summed E-state index contributed by atoms with van der Waals surface area (Å²) in [6.45, 7) is 5.39. The van der Waals surface area contributed by atoms with Crippen LogP contribution >= 0.6 is 0 Å². The number of hydrogen-bond acceptors (Lipinski definition) is 4. The Labute approximate surface area is 126 Å². The summed E-state index contributed by atoms with van der Waals surface area (Å²) in [5, 5.41) is 3.09. The molecular weight excluding hydrogens is 293 g/mol. The molecule has 0 aliphatic heterocycles. The van der Waals surface area contributed by atoms with E-state index in [2.05, 4.69) is 15.3 Å². The molecule has 118 valence electrons. The van der Waals surface area contributed by atoms with E-state index in [9.17, 15) is 13.2 Å². The van der Waals surface area contributed by atoms with E-state index in [1.807, 2.05) is 6.92 Å². The van der Waals surface area contributed by atoms with Crippen molar-refractivity contribution in [2.45, 2.75) is 33.0 Å². The van der Waals surface area contributed by atoms with E-state index < -0.39 is 11.7 Å². The van der Waals surface area contributed by atoms with Crippen LogP contribution in [0.1, 0.15) is 35.3 Å². The first-order chi connectivity index (χ1) is 10.2. The summed E-state index contributed by atoms with van der Waals surface area (Å²) < 4.78 is 38.3. The molecule has 2 rings (SSSR count). The van der Waals surface area contributed by atoms with Crippen molar-refractivity contribution in [2.75, 3.05) is 11.1 Å². The van der Waals surface area contributed by atoms with Crippen molar-refractivity contribution in [1.29, 1.82) is 0 Å². The van der Waals surface area contributed by atoms with Gasteiger partial charge >= 0.3 is 6.18 Å². The molecule has 2 aromatic rings. The van der Waals surface area contributed by atoms with E-state index in [0.29, 0.717) is 11.4 Å². The number of benzene rings is 1. The number of aryl methyl sites for hydroxylation is 1. The zero-order valence-electron chi connectivity index (χ0n) is 12.5. The number of alkyl halides is 3. The van der Waals surface area contributed by atoms with Crippen LogP contribution in [0.15, 0.2) is 24.3 Å². The Morgan fingerprint density at radius 2 is 1.86 bits per heavy atom. The molecule has 0 saturated heterocycles. The normalized spacial score (nSPS) is 13.0. The van der Waals surface area contributed by atoms with Crippen molar-refractivity contribution in [1.82, 2.24) is 9.97 Å². The van der Waals surface area contributed by atoms with Crippen LogP contribution in [0, 0.1) is 13.8 Å². The van der Waals surface area contributed by atoms with Gasteiger partial charge in [0.15, 0.2) is 0 Å². The van der Waals surface area contributed by atoms with Crippen LogP contribution in [0.3, 0.4) is 0 Å². The largest absolute Gasteiger partial charge is 0.416 e. The lowest BCUT2D eigenvalue weighted by Crippen LogP contribution is -2.13. The molecule has 1 atom stereocenters. The molecule has 0 unspecified atom stereocenters. The standard InChI is InChI=1S/C15H17F3N4/c1-8-9(2)21-14(19)22-13(8)20-10(3)11-5-4-6-12(7-11)15(16,17)18/h4-7,10H,1-3H3,(H3,19,20,21,22)/t10-/m1/s1. The van der Waals surface area contributed by atoms with Gasteiger partial charge in [-0.25, -0.2) is 4.98 Å². The van der Waals surface area contributed by atoms with E-state index in [1.54, 1.807) is 19.9 Å². The predicted octanol–water partition coefficient (Wildman–Crippen LogP) is 3.87. The van der Waals surface area contributed by atoms with Gasteiger partial charge in [0.2, 0.25) is 5.95 Å². The van der Waals surface area contributed by atoms with Gasteiger partial charge in [0.25, 0.3) is 0 Å². The van der Waals surface area contributed by atoms with Gasteiger partial charge in [0.05, 0.1) is 5.56 Å².